The van der Waals surface area contributed by atoms with Crippen LogP contribution >= 0.6 is 35.3 Å². The van der Waals surface area contributed by atoms with Gasteiger partial charge in [0.2, 0.25) is 15.9 Å². The molecule has 0 bridgehead atoms. The lowest BCUT2D eigenvalue weighted by Crippen LogP contribution is -2.42. The molecule has 0 unspecified atom stereocenters. The van der Waals surface area contributed by atoms with E-state index in [1.165, 1.54) is 4.31 Å². The molecule has 0 radical (unpaired) electrons. The third kappa shape index (κ3) is 11.1. The molecule has 0 saturated carbocycles. The van der Waals surface area contributed by atoms with Gasteiger partial charge < -0.3 is 31.3 Å². The summed E-state index contributed by atoms with van der Waals surface area (Å²) in [5.41, 5.74) is 8.04. The zero-order valence-corrected chi connectivity index (χ0v) is 29.4. The molecule has 1 amide bonds. The fourth-order valence-electron chi connectivity index (χ4n) is 5.30. The van der Waals surface area contributed by atoms with Crippen molar-refractivity contribution >= 4 is 74.6 Å². The van der Waals surface area contributed by atoms with Crippen molar-refractivity contribution in [2.24, 2.45) is 5.73 Å². The molecule has 16 heteroatoms. The summed E-state index contributed by atoms with van der Waals surface area (Å²) in [6.45, 7) is 0.592. The van der Waals surface area contributed by atoms with Gasteiger partial charge in [0.1, 0.15) is 5.02 Å². The number of nitrogens with one attached hydrogen (secondary N) is 2. The molecule has 12 nitrogen and oxygen atoms in total. The van der Waals surface area contributed by atoms with Crippen LogP contribution in [0.5, 0.6) is 5.75 Å². The largest absolute Gasteiger partial charge is 0.479 e. The molecule has 262 valence electrons. The van der Waals surface area contributed by atoms with Crippen molar-refractivity contribution in [1.29, 1.82) is 0 Å². The number of thiophene rings is 1. The Morgan fingerprint density at radius 1 is 1.00 bits per heavy atom. The number of halogens is 2. The van der Waals surface area contributed by atoms with Crippen LogP contribution < -0.4 is 21.1 Å². The van der Waals surface area contributed by atoms with Gasteiger partial charge in [-0.1, -0.05) is 48.7 Å². The van der Waals surface area contributed by atoms with E-state index in [0.29, 0.717) is 60.6 Å². The quantitative estimate of drug-likeness (QED) is 0.104. The van der Waals surface area contributed by atoms with Crippen molar-refractivity contribution in [3.63, 3.8) is 0 Å². The number of carboxylic acids is 2. The molecule has 1 aliphatic heterocycles. The third-order valence-corrected chi connectivity index (χ3v) is 11.1. The summed E-state index contributed by atoms with van der Waals surface area (Å²) in [5, 5.41) is 24.8. The number of nitrogens with two attached hydrogens (primary N) is 1. The fourth-order valence-corrected chi connectivity index (χ4v) is 8.25. The number of piperidine rings is 1. The number of unbranched alkanes of at least 4 members (excludes halogenated alkanes) is 3. The predicted molar refractivity (Wildman–Crippen MR) is 190 cm³/mol. The number of carboxylic acid groups (broad SMARTS) is 2. The molecule has 1 aliphatic rings. The van der Waals surface area contributed by atoms with E-state index in [1.807, 2.05) is 6.07 Å². The number of rotatable bonds is 17. The number of ether oxygens (including phenoxy) is 1. The Morgan fingerprint density at radius 2 is 1.69 bits per heavy atom. The Morgan fingerprint density at radius 3 is 2.38 bits per heavy atom. The molecule has 0 aliphatic carbocycles. The Labute approximate surface area is 295 Å². The monoisotopic (exact) mass is 742 g/mol. The summed E-state index contributed by atoms with van der Waals surface area (Å²) in [6.07, 6.45) is 5.20. The Kier molecular flexibility index (Phi) is 15.0. The fraction of sp³-hybridized carbons (Fsp3) is 0.406. The van der Waals surface area contributed by atoms with Gasteiger partial charge in [-0.15, -0.1) is 23.7 Å². The highest BCUT2D eigenvalue weighted by atomic mass is 35.5. The molecule has 1 aromatic heterocycles. The van der Waals surface area contributed by atoms with E-state index in [0.717, 1.165) is 42.7 Å². The van der Waals surface area contributed by atoms with Crippen LogP contribution in [-0.2, 0) is 25.4 Å². The lowest BCUT2D eigenvalue weighted by Gasteiger charge is -2.32. The molecule has 0 spiro atoms. The highest BCUT2D eigenvalue weighted by Crippen LogP contribution is 2.46. The van der Waals surface area contributed by atoms with Gasteiger partial charge in [0.25, 0.3) is 0 Å². The van der Waals surface area contributed by atoms with Crippen molar-refractivity contribution in [3.8, 4) is 16.2 Å². The zero-order valence-electron chi connectivity index (χ0n) is 26.2. The summed E-state index contributed by atoms with van der Waals surface area (Å²) >= 11 is 7.33. The van der Waals surface area contributed by atoms with Crippen LogP contribution in [0.25, 0.3) is 10.4 Å². The van der Waals surface area contributed by atoms with E-state index in [4.69, 9.17) is 27.2 Å². The van der Waals surface area contributed by atoms with Crippen molar-refractivity contribution < 1.29 is 37.8 Å². The number of benzene rings is 2. The number of nitrogens with zero attached hydrogens (tertiary/aromatic N) is 1. The second-order valence-corrected chi connectivity index (χ2v) is 14.6. The number of sulfonamides is 1. The second kappa shape index (κ2) is 18.4. The maximum atomic E-state index is 13.3. The first-order valence-electron chi connectivity index (χ1n) is 15.3. The van der Waals surface area contributed by atoms with Gasteiger partial charge >= 0.3 is 11.9 Å². The molecule has 48 heavy (non-hydrogen) atoms. The van der Waals surface area contributed by atoms with Crippen LogP contribution in [0.15, 0.2) is 48.5 Å². The van der Waals surface area contributed by atoms with E-state index < -0.39 is 28.6 Å². The topological polar surface area (TPSA) is 188 Å². The Balaban J connectivity index is 0.00000625. The van der Waals surface area contributed by atoms with Gasteiger partial charge in [-0.2, -0.15) is 0 Å². The van der Waals surface area contributed by atoms with Crippen molar-refractivity contribution in [1.82, 2.24) is 4.31 Å². The standard InChI is InChI=1S/C32H39ClN4O8S2.ClH/c33-28-29(45-19-27(39)40)31(32(41)42)46-30(28)22-8-6-10-25(18-22)35-23-12-15-37(16-13-23)47(43,44)20-21-7-5-9-24(17-21)36-26(38)11-3-1-2-4-14-34;/h5-10,17-18,23,35H,1-4,11-16,19-20,34H2,(H,36,38)(H,39,40)(H,41,42);1H. The first kappa shape index (κ1) is 39.0. The summed E-state index contributed by atoms with van der Waals surface area (Å²) in [4.78, 5) is 35.3. The second-order valence-electron chi connectivity index (χ2n) is 11.2. The zero-order chi connectivity index (χ0) is 34.0. The minimum atomic E-state index is -3.59. The van der Waals surface area contributed by atoms with Crippen LogP contribution in [0.1, 0.15) is 60.2 Å². The summed E-state index contributed by atoms with van der Waals surface area (Å²) in [7, 11) is -3.59. The number of hydrogen-bond acceptors (Lipinski definition) is 9. The SMILES string of the molecule is Cl.NCCCCCCC(=O)Nc1cccc(CS(=O)(=O)N2CCC(Nc3cccc(-c4sc(C(=O)O)c(OCC(=O)O)c4Cl)c3)CC2)c1. The molecule has 1 fully saturated rings. The van der Waals surface area contributed by atoms with Gasteiger partial charge in [-0.25, -0.2) is 22.3 Å². The number of amides is 1. The normalized spacial score (nSPS) is 13.8. The average Bonchev–Trinajstić information content (AvgIpc) is 3.36. The molecule has 1 saturated heterocycles. The Hall–Kier alpha value is -3.40. The molecule has 3 aromatic rings. The number of carbonyl (C=O) groups is 3. The molecule has 2 aromatic carbocycles. The van der Waals surface area contributed by atoms with Crippen LogP contribution in [0.3, 0.4) is 0 Å². The van der Waals surface area contributed by atoms with Crippen molar-refractivity contribution in [2.45, 2.75) is 56.7 Å². The first-order chi connectivity index (χ1) is 22.5. The summed E-state index contributed by atoms with van der Waals surface area (Å²) < 4.78 is 33.2. The number of carbonyl (C=O) groups excluding carboxylic acids is 1. The molecule has 4 rings (SSSR count). The minimum Gasteiger partial charge on any atom is -0.479 e. The van der Waals surface area contributed by atoms with Crippen LogP contribution in [0.4, 0.5) is 11.4 Å². The number of hydrogen-bond donors (Lipinski definition) is 5. The maximum absolute atomic E-state index is 13.3. The van der Waals surface area contributed by atoms with E-state index in [-0.39, 0.29) is 45.8 Å². The van der Waals surface area contributed by atoms with Crippen LogP contribution in [-0.4, -0.2) is 73.1 Å². The number of aliphatic carboxylic acids is 1. The van der Waals surface area contributed by atoms with Gasteiger partial charge in [0.05, 0.1) is 10.6 Å². The molecule has 2 heterocycles. The molecule has 0 atom stereocenters. The van der Waals surface area contributed by atoms with E-state index in [9.17, 15) is 27.9 Å². The predicted octanol–water partition coefficient (Wildman–Crippen LogP) is 5.91. The minimum absolute atomic E-state index is 0. The van der Waals surface area contributed by atoms with Gasteiger partial charge in [0.15, 0.2) is 17.2 Å². The number of anilines is 2. The first-order valence-corrected chi connectivity index (χ1v) is 18.1. The highest BCUT2D eigenvalue weighted by molar-refractivity contribution is 7.88. The van der Waals surface area contributed by atoms with Gasteiger partial charge in [-0.3, -0.25) is 4.79 Å². The van der Waals surface area contributed by atoms with E-state index in [2.05, 4.69) is 10.6 Å². The average molecular weight is 744 g/mol. The third-order valence-electron chi connectivity index (χ3n) is 7.60. The molecular weight excluding hydrogens is 703 g/mol. The summed E-state index contributed by atoms with van der Waals surface area (Å²) in [5.74, 6) is -3.00. The van der Waals surface area contributed by atoms with E-state index in [1.54, 1.807) is 42.5 Å². The maximum Gasteiger partial charge on any atom is 0.349 e. The lowest BCUT2D eigenvalue weighted by molar-refractivity contribution is -0.139. The molecule has 6 N–H and O–H groups in total. The molecular formula is C32H40Cl2N4O8S2. The van der Waals surface area contributed by atoms with Crippen molar-refractivity contribution in [2.75, 3.05) is 36.9 Å². The summed E-state index contributed by atoms with van der Waals surface area (Å²) in [6, 6.07) is 14.1. The van der Waals surface area contributed by atoms with Crippen molar-refractivity contribution in [3.05, 3.63) is 64.0 Å². The highest BCUT2D eigenvalue weighted by Gasteiger charge is 2.29. The smallest absolute Gasteiger partial charge is 0.349 e. The lowest BCUT2D eigenvalue weighted by atomic mass is 10.1. The van der Waals surface area contributed by atoms with Gasteiger partial charge in [-0.05, 0) is 67.6 Å². The Bertz CT molecular complexity index is 1680. The van der Waals surface area contributed by atoms with Gasteiger partial charge in [0, 0.05) is 36.9 Å². The number of aromatic carboxylic acids is 1. The van der Waals surface area contributed by atoms with E-state index >= 15 is 0 Å². The van der Waals surface area contributed by atoms with Crippen LogP contribution in [0.2, 0.25) is 5.02 Å². The van der Waals surface area contributed by atoms with Crippen LogP contribution in [0, 0.1) is 0 Å².